The molecule has 0 unspecified atom stereocenters. The lowest BCUT2D eigenvalue weighted by Gasteiger charge is -2.27. The highest BCUT2D eigenvalue weighted by Gasteiger charge is 2.15. The maximum absolute atomic E-state index is 11.9. The normalized spacial score (nSPS) is 17.3. The Bertz CT molecular complexity index is 629. The van der Waals surface area contributed by atoms with Gasteiger partial charge in [-0.2, -0.15) is 0 Å². The number of nitrogens with zero attached hydrogens (tertiary/aromatic N) is 1. The van der Waals surface area contributed by atoms with Gasteiger partial charge in [0.05, 0.1) is 6.61 Å². The first-order chi connectivity index (χ1) is 12.7. The van der Waals surface area contributed by atoms with Gasteiger partial charge in [0.1, 0.15) is 5.75 Å². The molecule has 3 N–H and O–H groups in total. The number of amides is 2. The molecule has 1 aromatic rings. The zero-order valence-electron chi connectivity index (χ0n) is 15.2. The number of carbonyl (C=O) groups is 2. The molecule has 7 nitrogen and oxygen atoms in total. The average Bonchev–Trinajstić information content (AvgIpc) is 2.66. The first kappa shape index (κ1) is 18.7. The Hall–Kier alpha value is -2.12. The SMILES string of the molecule is O=C(CCCOc1ccc2c(c1)CCC(=O)N2)NCCN1CCNCC1. The van der Waals surface area contributed by atoms with Gasteiger partial charge in [-0.05, 0) is 36.6 Å². The molecule has 3 rings (SSSR count). The minimum Gasteiger partial charge on any atom is -0.494 e. The number of nitrogens with one attached hydrogen (secondary N) is 3. The van der Waals surface area contributed by atoms with Crippen molar-refractivity contribution < 1.29 is 14.3 Å². The highest BCUT2D eigenvalue weighted by Crippen LogP contribution is 2.26. The summed E-state index contributed by atoms with van der Waals surface area (Å²) in [6.45, 7) is 6.28. The van der Waals surface area contributed by atoms with E-state index in [-0.39, 0.29) is 11.8 Å². The quantitative estimate of drug-likeness (QED) is 0.596. The van der Waals surface area contributed by atoms with Gasteiger partial charge in [-0.3, -0.25) is 14.5 Å². The predicted octanol–water partition coefficient (Wildman–Crippen LogP) is 0.752. The van der Waals surface area contributed by atoms with E-state index in [1.54, 1.807) is 0 Å². The van der Waals surface area contributed by atoms with Crippen molar-refractivity contribution in [3.05, 3.63) is 23.8 Å². The van der Waals surface area contributed by atoms with Crippen molar-refractivity contribution in [2.45, 2.75) is 25.7 Å². The van der Waals surface area contributed by atoms with Crippen LogP contribution in [0.2, 0.25) is 0 Å². The number of aryl methyl sites for hydroxylation is 1. The van der Waals surface area contributed by atoms with Crippen LogP contribution in [0, 0.1) is 0 Å². The molecular weight excluding hydrogens is 332 g/mol. The molecule has 0 aliphatic carbocycles. The summed E-state index contributed by atoms with van der Waals surface area (Å²) in [5, 5.41) is 9.15. The molecule has 0 bridgehead atoms. The summed E-state index contributed by atoms with van der Waals surface area (Å²) in [5.41, 5.74) is 1.98. The molecule has 0 radical (unpaired) electrons. The van der Waals surface area contributed by atoms with Gasteiger partial charge >= 0.3 is 0 Å². The third-order valence-corrected chi connectivity index (χ3v) is 4.75. The van der Waals surface area contributed by atoms with Crippen LogP contribution in [0.4, 0.5) is 5.69 Å². The van der Waals surface area contributed by atoms with Crippen molar-refractivity contribution in [3.8, 4) is 5.75 Å². The second-order valence-electron chi connectivity index (χ2n) is 6.76. The highest BCUT2D eigenvalue weighted by atomic mass is 16.5. The van der Waals surface area contributed by atoms with E-state index in [4.69, 9.17) is 4.74 Å². The van der Waals surface area contributed by atoms with E-state index in [0.717, 1.165) is 56.1 Å². The highest BCUT2D eigenvalue weighted by molar-refractivity contribution is 5.94. The summed E-state index contributed by atoms with van der Waals surface area (Å²) < 4.78 is 5.74. The number of hydrogen-bond acceptors (Lipinski definition) is 5. The number of fused-ring (bicyclic) bond motifs is 1. The van der Waals surface area contributed by atoms with Gasteiger partial charge in [0.15, 0.2) is 0 Å². The van der Waals surface area contributed by atoms with Crippen molar-refractivity contribution in [1.82, 2.24) is 15.5 Å². The van der Waals surface area contributed by atoms with Crippen molar-refractivity contribution in [1.29, 1.82) is 0 Å². The lowest BCUT2D eigenvalue weighted by Crippen LogP contribution is -2.46. The van der Waals surface area contributed by atoms with Crippen molar-refractivity contribution in [2.75, 3.05) is 51.2 Å². The van der Waals surface area contributed by atoms with Gasteiger partial charge in [-0.1, -0.05) is 0 Å². The van der Waals surface area contributed by atoms with Crippen molar-refractivity contribution in [2.24, 2.45) is 0 Å². The van der Waals surface area contributed by atoms with E-state index in [2.05, 4.69) is 20.9 Å². The van der Waals surface area contributed by atoms with E-state index < -0.39 is 0 Å². The molecule has 1 aromatic carbocycles. The third kappa shape index (κ3) is 5.71. The van der Waals surface area contributed by atoms with Crippen molar-refractivity contribution in [3.63, 3.8) is 0 Å². The van der Waals surface area contributed by atoms with Crippen LogP contribution in [0.25, 0.3) is 0 Å². The Balaban J connectivity index is 1.29. The molecule has 0 saturated carbocycles. The number of benzene rings is 1. The van der Waals surface area contributed by atoms with Gasteiger partial charge in [0.25, 0.3) is 0 Å². The second kappa shape index (κ2) is 9.54. The number of rotatable bonds is 8. The molecule has 2 aliphatic rings. The minimum absolute atomic E-state index is 0.0640. The fourth-order valence-electron chi connectivity index (χ4n) is 3.25. The predicted molar refractivity (Wildman–Crippen MR) is 100 cm³/mol. The third-order valence-electron chi connectivity index (χ3n) is 4.75. The van der Waals surface area contributed by atoms with Gasteiger partial charge < -0.3 is 20.7 Å². The van der Waals surface area contributed by atoms with Crippen LogP contribution in [0.15, 0.2) is 18.2 Å². The molecule has 2 amide bonds. The molecule has 2 heterocycles. The zero-order valence-corrected chi connectivity index (χ0v) is 15.2. The molecular formula is C19H28N4O3. The van der Waals surface area contributed by atoms with Crippen LogP contribution >= 0.6 is 0 Å². The molecule has 0 aromatic heterocycles. The topological polar surface area (TPSA) is 82.7 Å². The fraction of sp³-hybridized carbons (Fsp3) is 0.579. The van der Waals surface area contributed by atoms with Crippen LogP contribution < -0.4 is 20.7 Å². The van der Waals surface area contributed by atoms with Gasteiger partial charge in [0, 0.05) is 57.8 Å². The van der Waals surface area contributed by atoms with E-state index in [1.807, 2.05) is 18.2 Å². The molecule has 1 fully saturated rings. The Morgan fingerprint density at radius 2 is 2.08 bits per heavy atom. The number of ether oxygens (including phenoxy) is 1. The molecule has 142 valence electrons. The summed E-state index contributed by atoms with van der Waals surface area (Å²) in [4.78, 5) is 25.6. The standard InChI is InChI=1S/C19H28N4O3/c24-18(21-9-12-23-10-7-20-8-11-23)2-1-13-26-16-4-5-17-15(14-16)3-6-19(25)22-17/h4-5,14,20H,1-3,6-13H2,(H,21,24)(H,22,25). The Kier molecular flexibility index (Phi) is 6.85. The molecule has 2 aliphatic heterocycles. The first-order valence-corrected chi connectivity index (χ1v) is 9.46. The monoisotopic (exact) mass is 360 g/mol. The summed E-state index contributed by atoms with van der Waals surface area (Å²) in [7, 11) is 0. The number of hydrogen-bond donors (Lipinski definition) is 3. The summed E-state index contributed by atoms with van der Waals surface area (Å²) in [5.74, 6) is 0.935. The van der Waals surface area contributed by atoms with Gasteiger partial charge in [-0.15, -0.1) is 0 Å². The second-order valence-corrected chi connectivity index (χ2v) is 6.76. The first-order valence-electron chi connectivity index (χ1n) is 9.46. The van der Waals surface area contributed by atoms with Crippen LogP contribution in [0.5, 0.6) is 5.75 Å². The average molecular weight is 360 g/mol. The van der Waals surface area contributed by atoms with E-state index in [0.29, 0.717) is 32.4 Å². The van der Waals surface area contributed by atoms with E-state index >= 15 is 0 Å². The zero-order chi connectivity index (χ0) is 18.2. The lowest BCUT2D eigenvalue weighted by atomic mass is 10.0. The molecule has 7 heteroatoms. The Labute approximate surface area is 154 Å². The maximum Gasteiger partial charge on any atom is 0.224 e. The fourth-order valence-corrected chi connectivity index (χ4v) is 3.25. The minimum atomic E-state index is 0.0640. The number of piperazine rings is 1. The van der Waals surface area contributed by atoms with E-state index in [9.17, 15) is 9.59 Å². The molecule has 0 atom stereocenters. The number of carbonyl (C=O) groups excluding carboxylic acids is 2. The van der Waals surface area contributed by atoms with Gasteiger partial charge in [-0.25, -0.2) is 0 Å². The Morgan fingerprint density at radius 3 is 2.92 bits per heavy atom. The van der Waals surface area contributed by atoms with Crippen molar-refractivity contribution >= 4 is 17.5 Å². The van der Waals surface area contributed by atoms with Crippen LogP contribution in [0.3, 0.4) is 0 Å². The molecule has 0 spiro atoms. The van der Waals surface area contributed by atoms with Gasteiger partial charge in [0.2, 0.25) is 11.8 Å². The summed E-state index contributed by atoms with van der Waals surface area (Å²) in [6.07, 6.45) is 2.42. The summed E-state index contributed by atoms with van der Waals surface area (Å²) in [6, 6.07) is 5.71. The smallest absolute Gasteiger partial charge is 0.224 e. The molecule has 1 saturated heterocycles. The largest absolute Gasteiger partial charge is 0.494 e. The maximum atomic E-state index is 11.9. The number of anilines is 1. The molecule has 26 heavy (non-hydrogen) atoms. The Morgan fingerprint density at radius 1 is 1.23 bits per heavy atom. The van der Waals surface area contributed by atoms with Crippen LogP contribution in [0.1, 0.15) is 24.8 Å². The van der Waals surface area contributed by atoms with E-state index in [1.165, 1.54) is 0 Å². The van der Waals surface area contributed by atoms with Crippen LogP contribution in [-0.2, 0) is 16.0 Å². The lowest BCUT2D eigenvalue weighted by molar-refractivity contribution is -0.121. The van der Waals surface area contributed by atoms with Crippen LogP contribution in [-0.4, -0.2) is 62.6 Å². The summed E-state index contributed by atoms with van der Waals surface area (Å²) >= 11 is 0.